The molecule has 2 fully saturated rings. The summed E-state index contributed by atoms with van der Waals surface area (Å²) in [7, 11) is 0. The number of carbonyl (C=O) groups is 4. The Morgan fingerprint density at radius 1 is 0.977 bits per heavy atom. The van der Waals surface area contributed by atoms with Crippen molar-refractivity contribution in [2.24, 2.45) is 11.7 Å². The van der Waals surface area contributed by atoms with Crippen molar-refractivity contribution in [1.82, 2.24) is 20.0 Å². The SMILES string of the molecule is CCN1CC(=O)N[C@H]2CN(C(=O)CN3CCC(C(N)=O)CC3)CC[C@@H]2OCc2cccc(c2)Oc2cccc(c2)CC1=O. The van der Waals surface area contributed by atoms with Crippen molar-refractivity contribution in [1.29, 1.82) is 0 Å². The fraction of sp³-hybridized carbons (Fsp3) is 0.500. The second-order valence-corrected chi connectivity index (χ2v) is 11.6. The van der Waals surface area contributed by atoms with Crippen molar-refractivity contribution in [2.75, 3.05) is 45.8 Å². The van der Waals surface area contributed by atoms with E-state index >= 15 is 0 Å². The van der Waals surface area contributed by atoms with Gasteiger partial charge in [0.25, 0.3) is 0 Å². The van der Waals surface area contributed by atoms with Gasteiger partial charge in [-0.05, 0) is 74.7 Å². The van der Waals surface area contributed by atoms with Crippen molar-refractivity contribution in [3.63, 3.8) is 0 Å². The van der Waals surface area contributed by atoms with Crippen LogP contribution >= 0.6 is 0 Å². The van der Waals surface area contributed by atoms with E-state index in [0.29, 0.717) is 70.1 Å². The highest BCUT2D eigenvalue weighted by Gasteiger charge is 2.35. The van der Waals surface area contributed by atoms with Crippen molar-refractivity contribution in [3.05, 3.63) is 59.7 Å². The Kier molecular flexibility index (Phi) is 9.93. The Bertz CT molecular complexity index is 1330. The van der Waals surface area contributed by atoms with E-state index in [1.807, 2.05) is 55.5 Å². The van der Waals surface area contributed by atoms with E-state index < -0.39 is 6.04 Å². The molecule has 4 bridgehead atoms. The molecule has 0 radical (unpaired) electrons. The number of nitrogens with two attached hydrogens (primary N) is 1. The number of benzene rings is 2. The van der Waals surface area contributed by atoms with Crippen molar-refractivity contribution >= 4 is 23.6 Å². The number of rotatable bonds is 4. The first-order chi connectivity index (χ1) is 20.8. The van der Waals surface area contributed by atoms with Gasteiger partial charge in [-0.15, -0.1) is 0 Å². The number of nitrogens with one attached hydrogen (secondary N) is 1. The zero-order valence-electron chi connectivity index (χ0n) is 24.7. The van der Waals surface area contributed by atoms with E-state index in [0.717, 1.165) is 11.1 Å². The number of hydrogen-bond donors (Lipinski definition) is 2. The zero-order valence-corrected chi connectivity index (χ0v) is 24.7. The lowest BCUT2D eigenvalue weighted by atomic mass is 9.96. The van der Waals surface area contributed by atoms with Gasteiger partial charge in [0.1, 0.15) is 11.5 Å². The highest BCUT2D eigenvalue weighted by molar-refractivity contribution is 5.86. The smallest absolute Gasteiger partial charge is 0.239 e. The molecule has 4 amide bonds. The molecule has 2 saturated heterocycles. The lowest BCUT2D eigenvalue weighted by Crippen LogP contribution is -2.59. The molecule has 43 heavy (non-hydrogen) atoms. The lowest BCUT2D eigenvalue weighted by Gasteiger charge is -2.40. The molecule has 0 spiro atoms. The van der Waals surface area contributed by atoms with Crippen LogP contribution in [0.25, 0.3) is 0 Å². The van der Waals surface area contributed by atoms with Gasteiger partial charge >= 0.3 is 0 Å². The van der Waals surface area contributed by atoms with Crippen LogP contribution in [0.1, 0.15) is 37.3 Å². The van der Waals surface area contributed by atoms with Crippen LogP contribution in [0.15, 0.2) is 48.5 Å². The maximum Gasteiger partial charge on any atom is 0.239 e. The molecule has 5 rings (SSSR count). The van der Waals surface area contributed by atoms with Crippen LogP contribution in [0, 0.1) is 5.92 Å². The Morgan fingerprint density at radius 3 is 2.37 bits per heavy atom. The molecule has 3 heterocycles. The average Bonchev–Trinajstić information content (AvgIpc) is 2.99. The molecule has 11 heteroatoms. The van der Waals surface area contributed by atoms with E-state index in [1.54, 1.807) is 4.90 Å². The van der Waals surface area contributed by atoms with Gasteiger partial charge in [0.05, 0.1) is 38.3 Å². The topological polar surface area (TPSA) is 135 Å². The second kappa shape index (κ2) is 14.0. The number of fused-ring (bicyclic) bond motifs is 5. The number of likely N-dealkylation sites (N-methyl/N-ethyl adjacent to an activating group) is 1. The Labute approximate surface area is 252 Å². The van der Waals surface area contributed by atoms with E-state index in [2.05, 4.69) is 10.2 Å². The van der Waals surface area contributed by atoms with E-state index in [-0.39, 0.29) is 55.2 Å². The number of primary amides is 1. The predicted octanol–water partition coefficient (Wildman–Crippen LogP) is 1.68. The normalized spacial score (nSPS) is 22.6. The number of nitrogens with zero attached hydrogens (tertiary/aromatic N) is 3. The van der Waals surface area contributed by atoms with Gasteiger partial charge in [-0.3, -0.25) is 24.1 Å². The highest BCUT2D eigenvalue weighted by atomic mass is 16.5. The van der Waals surface area contributed by atoms with Crippen LogP contribution in [0.3, 0.4) is 0 Å². The molecule has 3 aliphatic heterocycles. The molecule has 0 aliphatic carbocycles. The van der Waals surface area contributed by atoms with Crippen molar-refractivity contribution < 1.29 is 28.7 Å². The third-order valence-corrected chi connectivity index (χ3v) is 8.52. The van der Waals surface area contributed by atoms with E-state index in [9.17, 15) is 19.2 Å². The van der Waals surface area contributed by atoms with Crippen LogP contribution in [0.4, 0.5) is 0 Å². The fourth-order valence-electron chi connectivity index (χ4n) is 6.01. The minimum Gasteiger partial charge on any atom is -0.457 e. The van der Waals surface area contributed by atoms with Gasteiger partial charge in [0, 0.05) is 25.6 Å². The summed E-state index contributed by atoms with van der Waals surface area (Å²) in [6.45, 7) is 4.82. The molecule has 2 aromatic carbocycles. The number of piperidine rings is 2. The first kappa shape index (κ1) is 30.5. The number of amides is 4. The first-order valence-electron chi connectivity index (χ1n) is 15.1. The van der Waals surface area contributed by atoms with Gasteiger partial charge in [0.15, 0.2) is 0 Å². The largest absolute Gasteiger partial charge is 0.457 e. The number of hydrogen-bond acceptors (Lipinski definition) is 7. The molecule has 3 N–H and O–H groups in total. The molecular formula is C32H41N5O6. The number of ether oxygens (including phenoxy) is 2. The van der Waals surface area contributed by atoms with Crippen LogP contribution < -0.4 is 15.8 Å². The molecule has 0 aromatic heterocycles. The molecular weight excluding hydrogens is 550 g/mol. The van der Waals surface area contributed by atoms with E-state index in [1.165, 1.54) is 4.90 Å². The molecule has 230 valence electrons. The molecule has 3 aliphatic rings. The summed E-state index contributed by atoms with van der Waals surface area (Å²) in [5.74, 6) is 0.400. The number of likely N-dealkylation sites (tertiary alicyclic amines) is 2. The monoisotopic (exact) mass is 591 g/mol. The summed E-state index contributed by atoms with van der Waals surface area (Å²) in [5.41, 5.74) is 7.18. The zero-order chi connectivity index (χ0) is 30.3. The summed E-state index contributed by atoms with van der Waals surface area (Å²) >= 11 is 0. The van der Waals surface area contributed by atoms with Gasteiger partial charge in [-0.2, -0.15) is 0 Å². The maximum atomic E-state index is 13.3. The van der Waals surface area contributed by atoms with Crippen molar-refractivity contribution in [3.8, 4) is 11.5 Å². The summed E-state index contributed by atoms with van der Waals surface area (Å²) in [6.07, 6.45) is 1.69. The van der Waals surface area contributed by atoms with Gasteiger partial charge in [0.2, 0.25) is 23.6 Å². The Morgan fingerprint density at radius 2 is 1.67 bits per heavy atom. The third-order valence-electron chi connectivity index (χ3n) is 8.52. The predicted molar refractivity (Wildman–Crippen MR) is 159 cm³/mol. The van der Waals surface area contributed by atoms with Crippen LogP contribution in [-0.4, -0.2) is 96.3 Å². The minimum atomic E-state index is -0.440. The maximum absolute atomic E-state index is 13.3. The average molecular weight is 592 g/mol. The quantitative estimate of drug-likeness (QED) is 0.553. The molecule has 2 atom stereocenters. The number of carbonyl (C=O) groups excluding carboxylic acids is 4. The van der Waals surface area contributed by atoms with Crippen molar-refractivity contribution in [2.45, 2.75) is 51.4 Å². The van der Waals surface area contributed by atoms with Gasteiger partial charge in [-0.1, -0.05) is 24.3 Å². The van der Waals surface area contributed by atoms with Gasteiger partial charge in [-0.25, -0.2) is 0 Å². The summed E-state index contributed by atoms with van der Waals surface area (Å²) in [4.78, 5) is 56.6. The fourth-order valence-corrected chi connectivity index (χ4v) is 6.01. The molecule has 0 saturated carbocycles. The van der Waals surface area contributed by atoms with Crippen LogP contribution in [-0.2, 0) is 36.9 Å². The van der Waals surface area contributed by atoms with Crippen LogP contribution in [0.5, 0.6) is 11.5 Å². The summed E-state index contributed by atoms with van der Waals surface area (Å²) in [6, 6.07) is 14.6. The van der Waals surface area contributed by atoms with Gasteiger partial charge < -0.3 is 30.3 Å². The molecule has 11 nitrogen and oxygen atoms in total. The Balaban J connectivity index is 1.30. The third kappa shape index (κ3) is 8.11. The second-order valence-electron chi connectivity index (χ2n) is 11.6. The first-order valence-corrected chi connectivity index (χ1v) is 15.1. The lowest BCUT2D eigenvalue weighted by molar-refractivity contribution is -0.140. The summed E-state index contributed by atoms with van der Waals surface area (Å²) < 4.78 is 12.4. The molecule has 2 aromatic rings. The van der Waals surface area contributed by atoms with Crippen LogP contribution in [0.2, 0.25) is 0 Å². The van der Waals surface area contributed by atoms with E-state index in [4.69, 9.17) is 15.2 Å². The highest BCUT2D eigenvalue weighted by Crippen LogP contribution is 2.25. The Hall–Kier alpha value is -3.96. The molecule has 0 unspecified atom stereocenters. The summed E-state index contributed by atoms with van der Waals surface area (Å²) in [5, 5.41) is 3.08. The minimum absolute atomic E-state index is 0.0226. The standard InChI is InChI=1S/C32H41N5O6/c1-2-36-19-29(38)34-27-18-37(31(40)20-35-12-9-24(10-13-35)32(33)41)14-11-28(27)42-21-23-6-4-8-26(16-23)43-25-7-3-5-22(15-25)17-30(36)39/h3-8,15-16,24,27-28H,2,9-14,17-21H2,1H3,(H2,33,41)(H,34,38)/t27-,28-/m0/s1.